The Kier molecular flexibility index (Phi) is 5.73. The first-order valence-corrected chi connectivity index (χ1v) is 8.00. The number of carbonyl (C=O) groups is 1. The van der Waals surface area contributed by atoms with E-state index in [1.165, 1.54) is 4.90 Å². The number of rotatable bonds is 7. The molecule has 1 aliphatic rings. The maximum Gasteiger partial charge on any atom is 0.317 e. The fourth-order valence-corrected chi connectivity index (χ4v) is 2.76. The SMILES string of the molecule is CN(CC(O)C1CC1)C(=O)NCCSc1ccccc1. The van der Waals surface area contributed by atoms with E-state index in [2.05, 4.69) is 17.4 Å². The average molecular weight is 294 g/mol. The zero-order valence-electron chi connectivity index (χ0n) is 11.8. The summed E-state index contributed by atoms with van der Waals surface area (Å²) in [6, 6.07) is 10.0. The van der Waals surface area contributed by atoms with Crippen molar-refractivity contribution >= 4 is 17.8 Å². The van der Waals surface area contributed by atoms with Gasteiger partial charge in [-0.1, -0.05) is 18.2 Å². The van der Waals surface area contributed by atoms with Crippen LogP contribution in [-0.2, 0) is 0 Å². The summed E-state index contributed by atoms with van der Waals surface area (Å²) in [6.45, 7) is 1.05. The van der Waals surface area contributed by atoms with E-state index in [-0.39, 0.29) is 12.1 Å². The average Bonchev–Trinajstić information content (AvgIpc) is 3.29. The largest absolute Gasteiger partial charge is 0.391 e. The summed E-state index contributed by atoms with van der Waals surface area (Å²) in [6.07, 6.45) is 1.80. The highest BCUT2D eigenvalue weighted by Crippen LogP contribution is 2.32. The van der Waals surface area contributed by atoms with Crippen molar-refractivity contribution in [2.45, 2.75) is 23.8 Å². The van der Waals surface area contributed by atoms with E-state index in [0.29, 0.717) is 19.0 Å². The number of urea groups is 1. The van der Waals surface area contributed by atoms with Crippen LogP contribution >= 0.6 is 11.8 Å². The zero-order chi connectivity index (χ0) is 14.4. The minimum Gasteiger partial charge on any atom is -0.391 e. The molecule has 0 aromatic heterocycles. The molecule has 0 heterocycles. The van der Waals surface area contributed by atoms with Crippen LogP contribution in [0, 0.1) is 5.92 Å². The first-order chi connectivity index (χ1) is 9.66. The lowest BCUT2D eigenvalue weighted by Gasteiger charge is -2.21. The van der Waals surface area contributed by atoms with Crippen LogP contribution in [0.5, 0.6) is 0 Å². The van der Waals surface area contributed by atoms with E-state index in [1.807, 2.05) is 18.2 Å². The molecule has 1 aliphatic carbocycles. The van der Waals surface area contributed by atoms with Crippen molar-refractivity contribution in [1.82, 2.24) is 10.2 Å². The van der Waals surface area contributed by atoms with Crippen LogP contribution in [0.15, 0.2) is 35.2 Å². The quantitative estimate of drug-likeness (QED) is 0.599. The molecule has 2 N–H and O–H groups in total. The molecule has 1 aromatic carbocycles. The number of thioether (sulfide) groups is 1. The van der Waals surface area contributed by atoms with Gasteiger partial charge in [0.25, 0.3) is 0 Å². The standard InChI is InChI=1S/C15H22N2O2S/c1-17(11-14(18)12-7-8-12)15(19)16-9-10-20-13-5-3-2-4-6-13/h2-6,12,14,18H,7-11H2,1H3,(H,16,19). The Hall–Kier alpha value is -1.20. The van der Waals surface area contributed by atoms with Crippen molar-refractivity contribution < 1.29 is 9.90 Å². The highest BCUT2D eigenvalue weighted by Gasteiger charge is 2.31. The zero-order valence-corrected chi connectivity index (χ0v) is 12.6. The molecule has 0 radical (unpaired) electrons. The van der Waals surface area contributed by atoms with Crippen molar-refractivity contribution in [3.63, 3.8) is 0 Å². The number of likely N-dealkylation sites (N-methyl/N-ethyl adjacent to an activating group) is 1. The van der Waals surface area contributed by atoms with Gasteiger partial charge in [0.15, 0.2) is 0 Å². The fraction of sp³-hybridized carbons (Fsp3) is 0.533. The van der Waals surface area contributed by atoms with Crippen LogP contribution in [0.4, 0.5) is 4.79 Å². The van der Waals surface area contributed by atoms with Gasteiger partial charge in [0.2, 0.25) is 0 Å². The second-order valence-electron chi connectivity index (χ2n) is 5.18. The smallest absolute Gasteiger partial charge is 0.317 e. The molecule has 0 saturated heterocycles. The van der Waals surface area contributed by atoms with E-state index >= 15 is 0 Å². The van der Waals surface area contributed by atoms with E-state index in [1.54, 1.807) is 23.7 Å². The van der Waals surface area contributed by atoms with Crippen LogP contribution in [0.25, 0.3) is 0 Å². The minimum atomic E-state index is -0.371. The van der Waals surface area contributed by atoms with Crippen molar-refractivity contribution in [3.8, 4) is 0 Å². The fourth-order valence-electron chi connectivity index (χ4n) is 1.97. The molecular weight excluding hydrogens is 272 g/mol. The van der Waals surface area contributed by atoms with Gasteiger partial charge in [-0.3, -0.25) is 0 Å². The number of amides is 2. The summed E-state index contributed by atoms with van der Waals surface area (Å²) in [5.41, 5.74) is 0. The summed E-state index contributed by atoms with van der Waals surface area (Å²) in [5.74, 6) is 1.24. The molecule has 1 atom stereocenters. The maximum atomic E-state index is 11.8. The third kappa shape index (κ3) is 5.06. The van der Waals surface area contributed by atoms with E-state index in [0.717, 1.165) is 18.6 Å². The molecule has 1 saturated carbocycles. The van der Waals surface area contributed by atoms with Gasteiger partial charge in [0.1, 0.15) is 0 Å². The van der Waals surface area contributed by atoms with Crippen molar-refractivity contribution in [1.29, 1.82) is 0 Å². The molecule has 0 bridgehead atoms. The molecule has 2 amide bonds. The van der Waals surface area contributed by atoms with Gasteiger partial charge in [0, 0.05) is 30.8 Å². The van der Waals surface area contributed by atoms with Gasteiger partial charge in [-0.2, -0.15) is 0 Å². The topological polar surface area (TPSA) is 52.6 Å². The number of hydrogen-bond acceptors (Lipinski definition) is 3. The molecule has 0 spiro atoms. The first kappa shape index (κ1) is 15.2. The predicted molar refractivity (Wildman–Crippen MR) is 81.9 cm³/mol. The van der Waals surface area contributed by atoms with Crippen LogP contribution in [0.1, 0.15) is 12.8 Å². The Morgan fingerprint density at radius 3 is 2.80 bits per heavy atom. The van der Waals surface area contributed by atoms with Gasteiger partial charge in [0.05, 0.1) is 6.10 Å². The number of carbonyl (C=O) groups excluding carboxylic acids is 1. The van der Waals surface area contributed by atoms with Gasteiger partial charge in [-0.25, -0.2) is 4.79 Å². The van der Waals surface area contributed by atoms with Gasteiger partial charge in [-0.15, -0.1) is 11.8 Å². The summed E-state index contributed by atoms with van der Waals surface area (Å²) >= 11 is 1.72. The van der Waals surface area contributed by atoms with Crippen LogP contribution in [-0.4, -0.2) is 48.0 Å². The molecular formula is C15H22N2O2S. The number of nitrogens with zero attached hydrogens (tertiary/aromatic N) is 1. The highest BCUT2D eigenvalue weighted by atomic mass is 32.2. The molecule has 20 heavy (non-hydrogen) atoms. The lowest BCUT2D eigenvalue weighted by atomic mass is 10.2. The van der Waals surface area contributed by atoms with Crippen molar-refractivity contribution in [3.05, 3.63) is 30.3 Å². The third-order valence-electron chi connectivity index (χ3n) is 3.36. The number of aliphatic hydroxyl groups excluding tert-OH is 1. The second-order valence-corrected chi connectivity index (χ2v) is 6.35. The van der Waals surface area contributed by atoms with Crippen molar-refractivity contribution in [2.24, 2.45) is 5.92 Å². The number of aliphatic hydroxyl groups is 1. The van der Waals surface area contributed by atoms with Gasteiger partial charge < -0.3 is 15.3 Å². The van der Waals surface area contributed by atoms with Crippen LogP contribution < -0.4 is 5.32 Å². The number of benzene rings is 1. The molecule has 1 aromatic rings. The molecule has 110 valence electrons. The third-order valence-corrected chi connectivity index (χ3v) is 4.38. The van der Waals surface area contributed by atoms with Gasteiger partial charge >= 0.3 is 6.03 Å². The Balaban J connectivity index is 1.59. The second kappa shape index (κ2) is 7.55. The van der Waals surface area contributed by atoms with Crippen LogP contribution in [0.2, 0.25) is 0 Å². The van der Waals surface area contributed by atoms with E-state index in [9.17, 15) is 9.90 Å². The lowest BCUT2D eigenvalue weighted by molar-refractivity contribution is 0.113. The predicted octanol–water partition coefficient (Wildman–Crippen LogP) is 2.19. The summed E-state index contributed by atoms with van der Waals surface area (Å²) in [7, 11) is 1.73. The monoisotopic (exact) mass is 294 g/mol. The summed E-state index contributed by atoms with van der Waals surface area (Å²) in [4.78, 5) is 14.6. The lowest BCUT2D eigenvalue weighted by Crippen LogP contribution is -2.42. The summed E-state index contributed by atoms with van der Waals surface area (Å²) in [5, 5.41) is 12.7. The summed E-state index contributed by atoms with van der Waals surface area (Å²) < 4.78 is 0. The van der Waals surface area contributed by atoms with E-state index in [4.69, 9.17) is 0 Å². The Bertz CT molecular complexity index is 423. The minimum absolute atomic E-state index is 0.113. The Morgan fingerprint density at radius 2 is 2.15 bits per heavy atom. The maximum absolute atomic E-state index is 11.8. The first-order valence-electron chi connectivity index (χ1n) is 7.01. The number of hydrogen-bond donors (Lipinski definition) is 2. The Labute approximate surface area is 124 Å². The highest BCUT2D eigenvalue weighted by molar-refractivity contribution is 7.99. The van der Waals surface area contributed by atoms with Gasteiger partial charge in [-0.05, 0) is 30.9 Å². The normalized spacial score (nSPS) is 15.7. The molecule has 1 unspecified atom stereocenters. The molecule has 1 fully saturated rings. The van der Waals surface area contributed by atoms with E-state index < -0.39 is 0 Å². The van der Waals surface area contributed by atoms with Crippen LogP contribution in [0.3, 0.4) is 0 Å². The number of nitrogens with one attached hydrogen (secondary N) is 1. The molecule has 4 nitrogen and oxygen atoms in total. The van der Waals surface area contributed by atoms with Crippen molar-refractivity contribution in [2.75, 3.05) is 25.9 Å². The molecule has 0 aliphatic heterocycles. The Morgan fingerprint density at radius 1 is 1.45 bits per heavy atom. The molecule has 2 rings (SSSR count). The molecule has 5 heteroatoms.